The van der Waals surface area contributed by atoms with E-state index < -0.39 is 15.0 Å². The van der Waals surface area contributed by atoms with Crippen LogP contribution in [0.25, 0.3) is 0 Å². The molecule has 0 bridgehead atoms. The van der Waals surface area contributed by atoms with Crippen molar-refractivity contribution < 1.29 is 17.9 Å². The maximum Gasteiger partial charge on any atom is 0.261 e. The van der Waals surface area contributed by atoms with E-state index in [-0.39, 0.29) is 17.9 Å². The molecule has 17 heavy (non-hydrogen) atoms. The molecule has 0 saturated heterocycles. The summed E-state index contributed by atoms with van der Waals surface area (Å²) < 4.78 is 27.4. The highest BCUT2D eigenvalue weighted by atomic mass is 35.7. The number of hydrogen-bond acceptors (Lipinski definition) is 4. The molecule has 0 unspecified atom stereocenters. The van der Waals surface area contributed by atoms with E-state index in [9.17, 15) is 13.2 Å². The van der Waals surface area contributed by atoms with Gasteiger partial charge in [0, 0.05) is 10.7 Å². The van der Waals surface area contributed by atoms with Gasteiger partial charge in [0.25, 0.3) is 9.05 Å². The SMILES string of the molecule is Cc1cc(S(=O)(=O)Cl)ccc1OCCC(N)=O. The molecule has 94 valence electrons. The molecular weight excluding hydrogens is 266 g/mol. The third-order valence-corrected chi connectivity index (χ3v) is 3.39. The maximum atomic E-state index is 11.1. The van der Waals surface area contributed by atoms with E-state index >= 15 is 0 Å². The van der Waals surface area contributed by atoms with Crippen LogP contribution in [0.2, 0.25) is 0 Å². The Balaban J connectivity index is 2.80. The number of carbonyl (C=O) groups excluding carboxylic acids is 1. The van der Waals surface area contributed by atoms with Crippen LogP contribution in [0, 0.1) is 6.92 Å². The molecule has 1 aromatic carbocycles. The first-order chi connectivity index (χ1) is 7.80. The molecule has 1 aromatic rings. The molecule has 0 atom stereocenters. The molecule has 2 N–H and O–H groups in total. The minimum absolute atomic E-state index is 0.0129. The minimum atomic E-state index is -3.73. The summed E-state index contributed by atoms with van der Waals surface area (Å²) in [5.41, 5.74) is 5.58. The zero-order chi connectivity index (χ0) is 13.1. The lowest BCUT2D eigenvalue weighted by atomic mass is 10.2. The first-order valence-corrected chi connectivity index (χ1v) is 7.08. The van der Waals surface area contributed by atoms with E-state index in [1.165, 1.54) is 18.2 Å². The zero-order valence-electron chi connectivity index (χ0n) is 9.14. The standard InChI is InChI=1S/C10H12ClNO4S/c1-7-6-8(17(11,14)15)2-3-9(7)16-5-4-10(12)13/h2-3,6H,4-5H2,1H3,(H2,12,13). The first-order valence-electron chi connectivity index (χ1n) is 4.77. The Hall–Kier alpha value is -1.27. The van der Waals surface area contributed by atoms with Crippen molar-refractivity contribution in [1.82, 2.24) is 0 Å². The van der Waals surface area contributed by atoms with Gasteiger partial charge in [-0.2, -0.15) is 0 Å². The topological polar surface area (TPSA) is 86.5 Å². The Bertz CT molecular complexity index is 527. The number of amides is 1. The molecule has 0 fully saturated rings. The minimum Gasteiger partial charge on any atom is -0.493 e. The number of primary amides is 1. The summed E-state index contributed by atoms with van der Waals surface area (Å²) in [6.07, 6.45) is 0.106. The van der Waals surface area contributed by atoms with E-state index in [1.54, 1.807) is 6.92 Å². The number of benzene rings is 1. The zero-order valence-corrected chi connectivity index (χ0v) is 10.7. The molecule has 1 amide bonds. The van der Waals surface area contributed by atoms with Crippen LogP contribution in [-0.2, 0) is 13.8 Å². The van der Waals surface area contributed by atoms with Gasteiger partial charge in [0.05, 0.1) is 17.9 Å². The predicted molar refractivity (Wildman–Crippen MR) is 63.5 cm³/mol. The quantitative estimate of drug-likeness (QED) is 0.819. The first kappa shape index (κ1) is 13.8. The second-order valence-corrected chi connectivity index (χ2v) is 6.00. The lowest BCUT2D eigenvalue weighted by Crippen LogP contribution is -2.14. The summed E-state index contributed by atoms with van der Waals surface area (Å²) in [5, 5.41) is 0. The molecular formula is C10H12ClNO4S. The van der Waals surface area contributed by atoms with Crippen LogP contribution in [0.15, 0.2) is 23.1 Å². The van der Waals surface area contributed by atoms with Crippen molar-refractivity contribution in [1.29, 1.82) is 0 Å². The van der Waals surface area contributed by atoms with E-state index in [0.29, 0.717) is 11.3 Å². The Kier molecular flexibility index (Phi) is 4.36. The Morgan fingerprint density at radius 3 is 2.59 bits per heavy atom. The maximum absolute atomic E-state index is 11.1. The van der Waals surface area contributed by atoms with Crippen LogP contribution in [0.3, 0.4) is 0 Å². The summed E-state index contributed by atoms with van der Waals surface area (Å²) in [6.45, 7) is 1.84. The predicted octanol–water partition coefficient (Wildman–Crippen LogP) is 1.18. The molecule has 0 heterocycles. The van der Waals surface area contributed by atoms with Crippen LogP contribution in [-0.4, -0.2) is 20.9 Å². The largest absolute Gasteiger partial charge is 0.493 e. The highest BCUT2D eigenvalue weighted by molar-refractivity contribution is 8.13. The van der Waals surface area contributed by atoms with Gasteiger partial charge in [-0.3, -0.25) is 4.79 Å². The fourth-order valence-electron chi connectivity index (χ4n) is 1.20. The molecule has 0 spiro atoms. The number of halogens is 1. The van der Waals surface area contributed by atoms with Crippen molar-refractivity contribution in [2.45, 2.75) is 18.2 Å². The van der Waals surface area contributed by atoms with Crippen molar-refractivity contribution >= 4 is 25.6 Å². The average molecular weight is 278 g/mol. The van der Waals surface area contributed by atoms with Crippen LogP contribution < -0.4 is 10.5 Å². The van der Waals surface area contributed by atoms with E-state index in [2.05, 4.69) is 0 Å². The van der Waals surface area contributed by atoms with Crippen LogP contribution in [0.4, 0.5) is 0 Å². The number of ether oxygens (including phenoxy) is 1. The normalized spacial score (nSPS) is 11.2. The smallest absolute Gasteiger partial charge is 0.261 e. The van der Waals surface area contributed by atoms with Crippen LogP contribution in [0.1, 0.15) is 12.0 Å². The van der Waals surface area contributed by atoms with Crippen LogP contribution in [0.5, 0.6) is 5.75 Å². The third kappa shape index (κ3) is 4.24. The second-order valence-electron chi connectivity index (χ2n) is 3.43. The Labute approximate surface area is 104 Å². The summed E-state index contributed by atoms with van der Waals surface area (Å²) in [6, 6.07) is 4.24. The average Bonchev–Trinajstić information content (AvgIpc) is 2.18. The van der Waals surface area contributed by atoms with Gasteiger partial charge < -0.3 is 10.5 Å². The number of rotatable bonds is 5. The number of nitrogens with two attached hydrogens (primary N) is 1. The van der Waals surface area contributed by atoms with E-state index in [1.807, 2.05) is 0 Å². The molecule has 0 aliphatic heterocycles. The van der Waals surface area contributed by atoms with Crippen molar-refractivity contribution in [3.05, 3.63) is 23.8 Å². The van der Waals surface area contributed by atoms with Gasteiger partial charge in [-0.05, 0) is 30.7 Å². The van der Waals surface area contributed by atoms with Crippen molar-refractivity contribution in [3.63, 3.8) is 0 Å². The molecule has 0 aliphatic carbocycles. The highest BCUT2D eigenvalue weighted by Crippen LogP contribution is 2.23. The number of carbonyl (C=O) groups is 1. The summed E-state index contributed by atoms with van der Waals surface area (Å²) in [7, 11) is 1.47. The molecule has 5 nitrogen and oxygen atoms in total. The lowest BCUT2D eigenvalue weighted by molar-refractivity contribution is -0.118. The molecule has 1 rings (SSSR count). The van der Waals surface area contributed by atoms with Gasteiger partial charge in [-0.25, -0.2) is 8.42 Å². The fraction of sp³-hybridized carbons (Fsp3) is 0.300. The van der Waals surface area contributed by atoms with Gasteiger partial charge in [-0.1, -0.05) is 0 Å². The highest BCUT2D eigenvalue weighted by Gasteiger charge is 2.11. The van der Waals surface area contributed by atoms with Gasteiger partial charge in [-0.15, -0.1) is 0 Å². The van der Waals surface area contributed by atoms with Crippen molar-refractivity contribution in [2.75, 3.05) is 6.61 Å². The summed E-state index contributed by atoms with van der Waals surface area (Å²) >= 11 is 0. The molecule has 7 heteroatoms. The van der Waals surface area contributed by atoms with Crippen LogP contribution >= 0.6 is 10.7 Å². The number of aryl methyl sites for hydroxylation is 1. The lowest BCUT2D eigenvalue weighted by Gasteiger charge is -2.08. The monoisotopic (exact) mass is 277 g/mol. The van der Waals surface area contributed by atoms with Gasteiger partial charge >= 0.3 is 0 Å². The van der Waals surface area contributed by atoms with Gasteiger partial charge in [0.1, 0.15) is 5.75 Å². The molecule has 0 radical (unpaired) electrons. The summed E-state index contributed by atoms with van der Waals surface area (Å²) in [4.78, 5) is 10.5. The van der Waals surface area contributed by atoms with Crippen molar-refractivity contribution in [2.24, 2.45) is 5.73 Å². The summed E-state index contributed by atoms with van der Waals surface area (Å²) in [5.74, 6) is 0.0397. The van der Waals surface area contributed by atoms with Gasteiger partial charge in [0.2, 0.25) is 5.91 Å². The molecule has 0 aliphatic rings. The fourth-order valence-corrected chi connectivity index (χ4v) is 2.03. The molecule has 0 aromatic heterocycles. The van der Waals surface area contributed by atoms with Crippen molar-refractivity contribution in [3.8, 4) is 5.75 Å². The second kappa shape index (κ2) is 5.37. The number of hydrogen-bond donors (Lipinski definition) is 1. The Morgan fingerprint density at radius 2 is 2.12 bits per heavy atom. The van der Waals surface area contributed by atoms with E-state index in [4.69, 9.17) is 21.2 Å². The Morgan fingerprint density at radius 1 is 1.47 bits per heavy atom. The molecule has 0 saturated carbocycles. The van der Waals surface area contributed by atoms with E-state index in [0.717, 1.165) is 0 Å². The third-order valence-electron chi connectivity index (χ3n) is 2.03. The van der Waals surface area contributed by atoms with Gasteiger partial charge in [0.15, 0.2) is 0 Å².